The molecule has 35 nitrogen and oxygen atoms in total. The maximum Gasteiger partial charge on any atom is 0.307 e. The van der Waals surface area contributed by atoms with E-state index >= 15 is 0 Å². The fourth-order valence-electron chi connectivity index (χ4n) is 8.84. The lowest BCUT2D eigenvalue weighted by molar-refractivity contribution is -0.143. The van der Waals surface area contributed by atoms with Crippen LogP contribution in [-0.2, 0) is 78.0 Å². The zero-order valence-corrected chi connectivity index (χ0v) is 50.5. The molecule has 0 saturated heterocycles. The van der Waals surface area contributed by atoms with Crippen LogP contribution in [0.3, 0.4) is 0 Å². The van der Waals surface area contributed by atoms with Gasteiger partial charge in [-0.1, -0.05) is 0 Å². The summed E-state index contributed by atoms with van der Waals surface area (Å²) in [5.74, 6) is -6.74. The van der Waals surface area contributed by atoms with Gasteiger partial charge in [-0.15, -0.1) is 0 Å². The second-order valence-electron chi connectivity index (χ2n) is 20.3. The van der Waals surface area contributed by atoms with Crippen LogP contribution in [0.4, 0.5) is 34.5 Å². The first-order valence-corrected chi connectivity index (χ1v) is 27.7. The Kier molecular flexibility index (Phi) is 21.7. The Morgan fingerprint density at radius 2 is 0.867 bits per heavy atom. The molecule has 11 amide bonds. The quantitative estimate of drug-likeness (QED) is 0.0284. The first-order chi connectivity index (χ1) is 42.8. The van der Waals surface area contributed by atoms with E-state index in [2.05, 4.69) is 78.4 Å². The van der Waals surface area contributed by atoms with Crippen LogP contribution in [0.25, 0.3) is 0 Å². The highest BCUT2D eigenvalue weighted by molar-refractivity contribution is 6.06. The molecular formula is C55H68N22O13. The molecule has 0 bridgehead atoms. The van der Waals surface area contributed by atoms with Crippen molar-refractivity contribution >= 4 is 105 Å². The van der Waals surface area contributed by atoms with Crippen molar-refractivity contribution in [2.45, 2.75) is 45.6 Å². The average molecular weight is 1250 g/mol. The maximum atomic E-state index is 13.5. The second kappa shape index (κ2) is 29.6. The van der Waals surface area contributed by atoms with E-state index in [-0.39, 0.29) is 128 Å². The van der Waals surface area contributed by atoms with E-state index < -0.39 is 77.0 Å². The number of ether oxygens (including phenoxy) is 1. The van der Waals surface area contributed by atoms with E-state index in [0.717, 1.165) is 0 Å². The maximum absolute atomic E-state index is 13.5. The first-order valence-electron chi connectivity index (χ1n) is 27.7. The highest BCUT2D eigenvalue weighted by Crippen LogP contribution is 2.19. The van der Waals surface area contributed by atoms with Crippen molar-refractivity contribution < 1.29 is 62.3 Å². The van der Waals surface area contributed by atoms with E-state index in [1.807, 2.05) is 0 Å². The minimum atomic E-state index is -1.17. The summed E-state index contributed by atoms with van der Waals surface area (Å²) in [4.78, 5) is 171. The molecule has 0 aromatic carbocycles. The molecule has 0 aliphatic heterocycles. The van der Waals surface area contributed by atoms with Gasteiger partial charge in [-0.2, -0.15) is 0 Å². The van der Waals surface area contributed by atoms with Crippen molar-refractivity contribution in [3.05, 3.63) is 108 Å². The zero-order valence-electron chi connectivity index (χ0n) is 50.5. The Labute approximate surface area is 512 Å². The number of nitrogens with one attached hydrogen (secondary N) is 11. The van der Waals surface area contributed by atoms with Crippen LogP contribution in [0, 0.1) is 0 Å². The van der Waals surface area contributed by atoms with Crippen LogP contribution in [0.15, 0.2) is 67.8 Å². The molecule has 7 heterocycles. The number of carbonyl (C=O) groups excluding carboxylic acids is 12. The van der Waals surface area contributed by atoms with Gasteiger partial charge in [0, 0.05) is 145 Å². The Bertz CT molecular complexity index is 3910. The number of amides is 11. The molecule has 1 atom stereocenters. The molecule has 0 unspecified atom stereocenters. The van der Waals surface area contributed by atoms with Gasteiger partial charge in [0.05, 0.1) is 30.1 Å². The van der Waals surface area contributed by atoms with Crippen molar-refractivity contribution in [3.8, 4) is 0 Å². The molecule has 0 spiro atoms. The summed E-state index contributed by atoms with van der Waals surface area (Å²) in [6.07, 6.45) is 11.4. The highest BCUT2D eigenvalue weighted by atomic mass is 16.5. The lowest BCUT2D eigenvalue weighted by Gasteiger charge is -2.17. The minimum Gasteiger partial charge on any atom is -0.466 e. The summed E-state index contributed by atoms with van der Waals surface area (Å²) in [6.45, 7) is 2.83. The number of imidazole rings is 4. The van der Waals surface area contributed by atoms with E-state index in [9.17, 15) is 57.5 Å². The van der Waals surface area contributed by atoms with Crippen molar-refractivity contribution in [1.29, 1.82) is 0 Å². The number of hydrogen-bond acceptors (Lipinski definition) is 17. The van der Waals surface area contributed by atoms with Gasteiger partial charge in [0.1, 0.15) is 23.1 Å². The van der Waals surface area contributed by atoms with Crippen LogP contribution >= 0.6 is 0 Å². The molecule has 0 saturated carbocycles. The van der Waals surface area contributed by atoms with E-state index in [0.29, 0.717) is 5.69 Å². The average Bonchev–Trinajstić information content (AvgIpc) is 1.91. The number of esters is 1. The minimum absolute atomic E-state index is 0.0161. The van der Waals surface area contributed by atoms with Gasteiger partial charge in [0.2, 0.25) is 41.1 Å². The fraction of sp³-hybridized carbons (Fsp3) is 0.345. The number of nitrogens with zero attached hydrogens (tertiary/aromatic N) is 11. The van der Waals surface area contributed by atoms with E-state index in [1.54, 1.807) is 59.1 Å². The molecule has 35 heteroatoms. The van der Waals surface area contributed by atoms with Gasteiger partial charge >= 0.3 is 5.97 Å². The van der Waals surface area contributed by atoms with Gasteiger partial charge in [-0.05, 0) is 31.5 Å². The first kappa shape index (κ1) is 65.9. The summed E-state index contributed by atoms with van der Waals surface area (Å²) in [7, 11) is 11.0. The summed E-state index contributed by atoms with van der Waals surface area (Å²) in [5.41, 5.74) is 1.36. The van der Waals surface area contributed by atoms with Gasteiger partial charge in [0.15, 0.2) is 23.3 Å². The Hall–Kier alpha value is -11.7. The molecule has 476 valence electrons. The molecule has 11 N–H and O–H groups in total. The summed E-state index contributed by atoms with van der Waals surface area (Å²) < 4.78 is 15.0. The van der Waals surface area contributed by atoms with Crippen LogP contribution in [0.2, 0.25) is 0 Å². The Morgan fingerprint density at radius 3 is 1.36 bits per heavy atom. The predicted molar refractivity (Wildman–Crippen MR) is 321 cm³/mol. The number of aryl methyl sites for hydroxylation is 7. The lowest BCUT2D eigenvalue weighted by atomic mass is 10.2. The van der Waals surface area contributed by atoms with Crippen LogP contribution in [0.5, 0.6) is 0 Å². The standard InChI is InChI=1S/C55H68N22O13/c1-10-90-43(81)14-18-60-53(87)46-68-40(29-76(46)8)70-51(85)37-21-31(24-74(37)6)62-41(79)12-17-59-52(86)45-67-39(28-75(45)7)69-48(82)34(61-30(2)78)11-15-57-49(83)35-23-33(26-73(35)5)64-55(89)47-66-38(27-77(47)9)65-42(80)13-16-58-50(84)36-22-32(25-72(36)4)63-54(88)44-56-19-20-71(44)3/h19-29,34H,10-18H2,1-9H3,(H,57,83)(H,58,84)(H,59,86)(H,60,87)(H,61,78)(H,62,79)(H,63,88)(H,64,89)(H,65,80)(H,69,82)(H,70,85)/t34-/m1/s1. The zero-order chi connectivity index (χ0) is 65.5. The lowest BCUT2D eigenvalue weighted by Crippen LogP contribution is -2.45. The second-order valence-corrected chi connectivity index (χ2v) is 20.3. The summed E-state index contributed by atoms with van der Waals surface area (Å²) in [5, 5.41) is 28.9. The van der Waals surface area contributed by atoms with E-state index in [4.69, 9.17) is 4.74 Å². The third-order valence-electron chi connectivity index (χ3n) is 13.1. The van der Waals surface area contributed by atoms with Crippen LogP contribution in [-0.4, -0.2) is 162 Å². The molecular weight excluding hydrogens is 1180 g/mol. The Morgan fingerprint density at radius 1 is 0.444 bits per heavy atom. The number of aromatic nitrogens is 11. The van der Waals surface area contributed by atoms with Gasteiger partial charge in [-0.3, -0.25) is 57.5 Å². The molecule has 0 aliphatic carbocycles. The number of rotatable bonds is 28. The van der Waals surface area contributed by atoms with Crippen molar-refractivity contribution in [2.75, 3.05) is 64.7 Å². The highest BCUT2D eigenvalue weighted by Gasteiger charge is 2.25. The molecule has 0 radical (unpaired) electrons. The van der Waals surface area contributed by atoms with Crippen molar-refractivity contribution in [2.24, 2.45) is 49.3 Å². The van der Waals surface area contributed by atoms with Crippen molar-refractivity contribution in [3.63, 3.8) is 0 Å². The number of carbonyl (C=O) groups is 12. The fourth-order valence-corrected chi connectivity index (χ4v) is 8.84. The van der Waals surface area contributed by atoms with Crippen LogP contribution < -0.4 is 58.5 Å². The SMILES string of the molecule is CCOC(=O)CCNC(=O)c1nc(NC(=O)c2cc(NC(=O)CCNC(=O)c3nc(NC(=O)[C@@H](CCNC(=O)c4cc(NC(=O)c5nc(NC(=O)CCNC(=O)c6cc(NC(=O)c7nccn7C)cn6C)cn5C)cn4C)NC(C)=O)cn3C)cn2C)cn1C. The topological polar surface area (TPSA) is 432 Å². The molecule has 0 fully saturated rings. The summed E-state index contributed by atoms with van der Waals surface area (Å²) >= 11 is 0. The van der Waals surface area contributed by atoms with Gasteiger partial charge < -0.3 is 95.2 Å². The van der Waals surface area contributed by atoms with Crippen molar-refractivity contribution in [1.82, 2.24) is 78.5 Å². The monoisotopic (exact) mass is 1240 g/mol. The smallest absolute Gasteiger partial charge is 0.307 e. The van der Waals surface area contributed by atoms with Gasteiger partial charge in [0.25, 0.3) is 41.4 Å². The molecule has 7 aromatic heterocycles. The molecule has 0 aliphatic rings. The van der Waals surface area contributed by atoms with Gasteiger partial charge in [-0.25, -0.2) is 19.9 Å². The Balaban J connectivity index is 0.816. The molecule has 90 heavy (non-hydrogen) atoms. The molecule has 7 aromatic rings. The predicted octanol–water partition coefficient (Wildman–Crippen LogP) is -0.143. The third-order valence-corrected chi connectivity index (χ3v) is 13.1. The largest absolute Gasteiger partial charge is 0.466 e. The van der Waals surface area contributed by atoms with Crippen LogP contribution in [0.1, 0.15) is 113 Å². The third kappa shape index (κ3) is 17.5. The number of hydrogen-bond donors (Lipinski definition) is 11. The summed E-state index contributed by atoms with van der Waals surface area (Å²) in [6, 6.07) is 3.14. The normalized spacial score (nSPS) is 11.2. The van der Waals surface area contributed by atoms with E-state index in [1.165, 1.54) is 104 Å². The number of anilines is 6. The molecule has 7 rings (SSSR count).